The molecule has 1 saturated heterocycles. The summed E-state index contributed by atoms with van der Waals surface area (Å²) in [5, 5.41) is 5.77. The standard InChI is InChI=1S/C20H22F6N4O/c1-12-4-6-30(11-15(29-12)10-28-18(31)17-3-2-5-27-17)16-8-13(19(21,22)23)7-14(9-16)20(24,25)26/h7-9,11,17,27H,2-6,10H2,1H3,(H,28,31). The number of carbonyl (C=O) groups excluding carboxylic acids is 1. The third-order valence-corrected chi connectivity index (χ3v) is 5.08. The van der Waals surface area contributed by atoms with E-state index in [0.717, 1.165) is 13.0 Å². The van der Waals surface area contributed by atoms with Crippen LogP contribution in [0, 0.1) is 0 Å². The second-order valence-electron chi connectivity index (χ2n) is 7.54. The predicted molar refractivity (Wildman–Crippen MR) is 104 cm³/mol. The van der Waals surface area contributed by atoms with Crippen LogP contribution in [-0.4, -0.2) is 37.3 Å². The van der Waals surface area contributed by atoms with Gasteiger partial charge in [0.1, 0.15) is 0 Å². The molecule has 5 nitrogen and oxygen atoms in total. The number of hydrogen-bond donors (Lipinski definition) is 2. The van der Waals surface area contributed by atoms with E-state index in [4.69, 9.17) is 0 Å². The zero-order valence-electron chi connectivity index (χ0n) is 16.7. The highest BCUT2D eigenvalue weighted by atomic mass is 19.4. The highest BCUT2D eigenvalue weighted by Crippen LogP contribution is 2.38. The third kappa shape index (κ3) is 5.99. The van der Waals surface area contributed by atoms with Crippen molar-refractivity contribution in [1.82, 2.24) is 10.6 Å². The van der Waals surface area contributed by atoms with Gasteiger partial charge in [0.25, 0.3) is 0 Å². The lowest BCUT2D eigenvalue weighted by Crippen LogP contribution is -2.41. The van der Waals surface area contributed by atoms with Gasteiger partial charge in [-0.05, 0) is 44.5 Å². The van der Waals surface area contributed by atoms with E-state index < -0.39 is 23.5 Å². The lowest BCUT2D eigenvalue weighted by Gasteiger charge is -2.23. The summed E-state index contributed by atoms with van der Waals surface area (Å²) in [5.41, 5.74) is -2.00. The minimum absolute atomic E-state index is 0.00986. The Morgan fingerprint density at radius 1 is 1.16 bits per heavy atom. The van der Waals surface area contributed by atoms with E-state index in [1.54, 1.807) is 6.92 Å². The van der Waals surface area contributed by atoms with Crippen molar-refractivity contribution >= 4 is 17.3 Å². The van der Waals surface area contributed by atoms with Crippen LogP contribution in [-0.2, 0) is 17.1 Å². The molecule has 1 aromatic carbocycles. The van der Waals surface area contributed by atoms with Crippen LogP contribution >= 0.6 is 0 Å². The Balaban J connectivity index is 1.88. The van der Waals surface area contributed by atoms with E-state index in [0.29, 0.717) is 36.4 Å². The number of nitrogens with one attached hydrogen (secondary N) is 2. The largest absolute Gasteiger partial charge is 0.416 e. The molecule has 1 amide bonds. The van der Waals surface area contributed by atoms with Crippen LogP contribution in [0.5, 0.6) is 0 Å². The van der Waals surface area contributed by atoms with Crippen molar-refractivity contribution in [3.8, 4) is 0 Å². The molecule has 0 spiro atoms. The van der Waals surface area contributed by atoms with Crippen molar-refractivity contribution in [3.05, 3.63) is 41.2 Å². The fourth-order valence-electron chi connectivity index (χ4n) is 3.46. The van der Waals surface area contributed by atoms with Gasteiger partial charge in [-0.1, -0.05) is 0 Å². The van der Waals surface area contributed by atoms with Gasteiger partial charge >= 0.3 is 12.4 Å². The summed E-state index contributed by atoms with van der Waals surface area (Å²) in [5.74, 6) is -0.222. The van der Waals surface area contributed by atoms with Crippen molar-refractivity contribution in [1.29, 1.82) is 0 Å². The molecule has 1 aromatic rings. The molecule has 0 radical (unpaired) electrons. The Morgan fingerprint density at radius 2 is 1.81 bits per heavy atom. The number of rotatable bonds is 4. The smallest absolute Gasteiger partial charge is 0.349 e. The van der Waals surface area contributed by atoms with Crippen molar-refractivity contribution in [2.45, 2.75) is 44.6 Å². The van der Waals surface area contributed by atoms with Crippen LogP contribution < -0.4 is 15.5 Å². The molecule has 0 aromatic heterocycles. The van der Waals surface area contributed by atoms with E-state index in [2.05, 4.69) is 15.6 Å². The molecular weight excluding hydrogens is 426 g/mol. The van der Waals surface area contributed by atoms with Crippen LogP contribution in [0.4, 0.5) is 32.0 Å². The second kappa shape index (κ2) is 8.89. The number of alkyl halides is 6. The van der Waals surface area contributed by atoms with Crippen molar-refractivity contribution in [2.24, 2.45) is 4.99 Å². The Bertz CT molecular complexity index is 852. The van der Waals surface area contributed by atoms with Crippen LogP contribution in [0.3, 0.4) is 0 Å². The fraction of sp³-hybridized carbons (Fsp3) is 0.500. The summed E-state index contributed by atoms with van der Waals surface area (Å²) in [6, 6.07) is 1.16. The maximum atomic E-state index is 13.2. The van der Waals surface area contributed by atoms with Crippen LogP contribution in [0.15, 0.2) is 35.1 Å². The minimum atomic E-state index is -4.93. The van der Waals surface area contributed by atoms with Gasteiger partial charge in [0.15, 0.2) is 0 Å². The van der Waals surface area contributed by atoms with Gasteiger partial charge in [-0.15, -0.1) is 0 Å². The quantitative estimate of drug-likeness (QED) is 0.682. The molecule has 1 fully saturated rings. The van der Waals surface area contributed by atoms with E-state index >= 15 is 0 Å². The molecule has 3 rings (SSSR count). The molecule has 170 valence electrons. The highest BCUT2D eigenvalue weighted by Gasteiger charge is 2.37. The maximum Gasteiger partial charge on any atom is 0.416 e. The molecule has 2 aliphatic heterocycles. The number of nitrogens with zero attached hydrogens (tertiary/aromatic N) is 2. The Morgan fingerprint density at radius 3 is 2.35 bits per heavy atom. The van der Waals surface area contributed by atoms with Gasteiger partial charge in [-0.25, -0.2) is 0 Å². The topological polar surface area (TPSA) is 56.7 Å². The van der Waals surface area contributed by atoms with Gasteiger partial charge in [0.2, 0.25) is 5.91 Å². The lowest BCUT2D eigenvalue weighted by molar-refractivity contribution is -0.143. The molecule has 31 heavy (non-hydrogen) atoms. The number of hydrogen-bond acceptors (Lipinski definition) is 4. The zero-order chi connectivity index (χ0) is 22.8. The van der Waals surface area contributed by atoms with E-state index in [1.807, 2.05) is 0 Å². The maximum absolute atomic E-state index is 13.2. The highest BCUT2D eigenvalue weighted by molar-refractivity contribution is 5.85. The third-order valence-electron chi connectivity index (χ3n) is 5.08. The first-order valence-electron chi connectivity index (χ1n) is 9.75. The average Bonchev–Trinajstić information content (AvgIpc) is 3.15. The monoisotopic (exact) mass is 448 g/mol. The number of benzene rings is 1. The molecule has 1 unspecified atom stereocenters. The SMILES string of the molecule is CC1=NC(CNC(=O)C2CCCN2)=CN(c2cc(C(F)(F)F)cc(C(F)(F)F)c2)CC1. The number of anilines is 1. The summed E-state index contributed by atoms with van der Waals surface area (Å²) in [6.45, 7) is 2.61. The first kappa shape index (κ1) is 23.1. The normalized spacial score (nSPS) is 20.2. The second-order valence-corrected chi connectivity index (χ2v) is 7.54. The molecule has 0 saturated carbocycles. The fourth-order valence-corrected chi connectivity index (χ4v) is 3.46. The number of aliphatic imine (C=N–C) groups is 1. The molecule has 1 atom stereocenters. The summed E-state index contributed by atoms with van der Waals surface area (Å²) < 4.78 is 79.2. The van der Waals surface area contributed by atoms with Gasteiger partial charge in [-0.2, -0.15) is 26.3 Å². The summed E-state index contributed by atoms with van der Waals surface area (Å²) >= 11 is 0. The summed E-state index contributed by atoms with van der Waals surface area (Å²) in [4.78, 5) is 17.9. The minimum Gasteiger partial charge on any atom is -0.349 e. The van der Waals surface area contributed by atoms with Crippen molar-refractivity contribution < 1.29 is 31.1 Å². The van der Waals surface area contributed by atoms with Crippen LogP contribution in [0.1, 0.15) is 37.3 Å². The number of carbonyl (C=O) groups is 1. The van der Waals surface area contributed by atoms with Crippen molar-refractivity contribution in [2.75, 3.05) is 24.5 Å². The zero-order valence-corrected chi connectivity index (χ0v) is 16.7. The van der Waals surface area contributed by atoms with Crippen LogP contribution in [0.2, 0.25) is 0 Å². The Labute approximate surface area is 175 Å². The number of amides is 1. The molecule has 2 N–H and O–H groups in total. The average molecular weight is 448 g/mol. The molecular formula is C20H22F6N4O. The Kier molecular flexibility index (Phi) is 6.63. The summed E-state index contributed by atoms with van der Waals surface area (Å²) in [7, 11) is 0. The first-order valence-corrected chi connectivity index (χ1v) is 9.75. The first-order chi connectivity index (χ1) is 14.4. The molecule has 2 aliphatic rings. The van der Waals surface area contributed by atoms with E-state index in [1.165, 1.54) is 11.1 Å². The van der Waals surface area contributed by atoms with E-state index in [-0.39, 0.29) is 36.8 Å². The van der Waals surface area contributed by atoms with Gasteiger partial charge in [-0.3, -0.25) is 9.79 Å². The summed E-state index contributed by atoms with van der Waals surface area (Å²) in [6.07, 6.45) is -6.55. The van der Waals surface area contributed by atoms with Gasteiger partial charge < -0.3 is 15.5 Å². The van der Waals surface area contributed by atoms with Crippen molar-refractivity contribution in [3.63, 3.8) is 0 Å². The lowest BCUT2D eigenvalue weighted by atomic mass is 10.1. The molecule has 0 bridgehead atoms. The van der Waals surface area contributed by atoms with Gasteiger partial charge in [0, 0.05) is 30.6 Å². The number of halogens is 6. The predicted octanol–water partition coefficient (Wildman–Crippen LogP) is 4.10. The van der Waals surface area contributed by atoms with E-state index in [9.17, 15) is 31.1 Å². The Hall–Kier alpha value is -2.56. The van der Waals surface area contributed by atoms with Gasteiger partial charge in [0.05, 0.1) is 29.4 Å². The molecule has 2 heterocycles. The molecule has 0 aliphatic carbocycles. The molecule has 11 heteroatoms. The van der Waals surface area contributed by atoms with Crippen LogP contribution in [0.25, 0.3) is 0 Å².